The minimum absolute atomic E-state index is 0.518. The molecule has 2 aromatic carbocycles. The van der Waals surface area contributed by atoms with Crippen LogP contribution in [0.15, 0.2) is 36.4 Å². The molecule has 0 unspecified atom stereocenters. The molecule has 0 aliphatic rings. The van der Waals surface area contributed by atoms with Gasteiger partial charge in [-0.15, -0.1) is 0 Å². The molecule has 78 valence electrons. The number of hydrogen-bond donors (Lipinski definition) is 1. The monoisotopic (exact) mass is 203 g/mol. The molecule has 0 spiro atoms. The van der Waals surface area contributed by atoms with Gasteiger partial charge < -0.3 is 5.73 Å². The number of halogens is 1. The topological polar surface area (TPSA) is 26.0 Å². The van der Waals surface area contributed by atoms with E-state index in [-0.39, 0.29) is 0 Å². The molecule has 0 bridgehead atoms. The van der Waals surface area contributed by atoms with E-state index in [1.54, 1.807) is 0 Å². The Morgan fingerprint density at radius 1 is 1.13 bits per heavy atom. The molecular weight excluding hydrogens is 189 g/mol. The van der Waals surface area contributed by atoms with Crippen molar-refractivity contribution in [2.24, 2.45) is 5.73 Å². The summed E-state index contributed by atoms with van der Waals surface area (Å²) in [4.78, 5) is 0. The third-order valence-corrected chi connectivity index (χ3v) is 2.74. The van der Waals surface area contributed by atoms with E-state index < -0.39 is 12.7 Å². The number of rotatable bonds is 2. The van der Waals surface area contributed by atoms with Gasteiger partial charge in [0.2, 0.25) is 0 Å². The lowest BCUT2D eigenvalue weighted by atomic mass is 9.97. The van der Waals surface area contributed by atoms with Crippen molar-refractivity contribution in [2.75, 3.05) is 6.67 Å². The second kappa shape index (κ2) is 3.99. The number of fused-ring (bicyclic) bond motifs is 1. The van der Waals surface area contributed by atoms with Crippen LogP contribution >= 0.6 is 0 Å². The molecule has 1 nitrogen and oxygen atoms in total. The van der Waals surface area contributed by atoms with Crippen LogP contribution in [0.25, 0.3) is 10.8 Å². The maximum absolute atomic E-state index is 12.6. The van der Waals surface area contributed by atoms with E-state index in [4.69, 9.17) is 5.73 Å². The number of aryl methyl sites for hydroxylation is 1. The zero-order chi connectivity index (χ0) is 10.8. The molecule has 0 aliphatic carbocycles. The highest BCUT2D eigenvalue weighted by Gasteiger charge is 2.09. The molecule has 1 atom stereocenters. The molecular formula is C13H14FN. The Balaban J connectivity index is 2.71. The van der Waals surface area contributed by atoms with Gasteiger partial charge in [-0.25, -0.2) is 4.39 Å². The maximum atomic E-state index is 12.6. The zero-order valence-electron chi connectivity index (χ0n) is 8.70. The van der Waals surface area contributed by atoms with Crippen molar-refractivity contribution in [3.8, 4) is 0 Å². The molecule has 0 fully saturated rings. The van der Waals surface area contributed by atoms with E-state index in [9.17, 15) is 4.39 Å². The lowest BCUT2D eigenvalue weighted by Crippen LogP contribution is -2.12. The van der Waals surface area contributed by atoms with Gasteiger partial charge in [-0.05, 0) is 28.8 Å². The smallest absolute Gasteiger partial charge is 0.109 e. The Bertz CT molecular complexity index is 479. The Morgan fingerprint density at radius 3 is 2.47 bits per heavy atom. The van der Waals surface area contributed by atoms with Crippen molar-refractivity contribution < 1.29 is 4.39 Å². The average Bonchev–Trinajstić information content (AvgIpc) is 2.29. The normalized spacial score (nSPS) is 13.0. The minimum atomic E-state index is -0.521. The fourth-order valence-electron chi connectivity index (χ4n) is 1.88. The van der Waals surface area contributed by atoms with Gasteiger partial charge in [-0.2, -0.15) is 0 Å². The standard InChI is InChI=1S/C13H14FN/c1-9-6-7-12(13(15)8-14)11-5-3-2-4-10(9)11/h2-7,13H,8,15H2,1H3/t13-/m1/s1. The van der Waals surface area contributed by atoms with Crippen molar-refractivity contribution in [1.82, 2.24) is 0 Å². The average molecular weight is 203 g/mol. The van der Waals surface area contributed by atoms with Crippen LogP contribution in [0, 0.1) is 6.92 Å². The summed E-state index contributed by atoms with van der Waals surface area (Å²) in [5.41, 5.74) is 7.82. The Morgan fingerprint density at radius 2 is 1.80 bits per heavy atom. The van der Waals surface area contributed by atoms with E-state index >= 15 is 0 Å². The van der Waals surface area contributed by atoms with Gasteiger partial charge in [0.1, 0.15) is 6.67 Å². The second-order valence-corrected chi connectivity index (χ2v) is 3.78. The summed E-state index contributed by atoms with van der Waals surface area (Å²) in [6.07, 6.45) is 0. The molecule has 2 N–H and O–H groups in total. The van der Waals surface area contributed by atoms with Crippen molar-refractivity contribution >= 4 is 10.8 Å². The van der Waals surface area contributed by atoms with Crippen LogP contribution in [0.1, 0.15) is 17.2 Å². The first-order valence-electron chi connectivity index (χ1n) is 5.04. The van der Waals surface area contributed by atoms with Crippen molar-refractivity contribution in [2.45, 2.75) is 13.0 Å². The maximum Gasteiger partial charge on any atom is 0.109 e. The first-order valence-corrected chi connectivity index (χ1v) is 5.04. The summed E-state index contributed by atoms with van der Waals surface area (Å²) in [6.45, 7) is 1.53. The lowest BCUT2D eigenvalue weighted by Gasteiger charge is -2.12. The van der Waals surface area contributed by atoms with Crippen molar-refractivity contribution in [3.63, 3.8) is 0 Å². The first kappa shape index (κ1) is 10.1. The quantitative estimate of drug-likeness (QED) is 0.797. The molecule has 0 amide bonds. The van der Waals surface area contributed by atoms with Crippen LogP contribution in [0.2, 0.25) is 0 Å². The van der Waals surface area contributed by atoms with Crippen molar-refractivity contribution in [3.05, 3.63) is 47.5 Å². The highest BCUT2D eigenvalue weighted by molar-refractivity contribution is 5.88. The molecule has 0 radical (unpaired) electrons. The Hall–Kier alpha value is -1.41. The van der Waals surface area contributed by atoms with Gasteiger partial charge in [-0.3, -0.25) is 0 Å². The Kier molecular flexibility index (Phi) is 2.69. The largest absolute Gasteiger partial charge is 0.322 e. The van der Waals surface area contributed by atoms with Crippen LogP contribution in [0.5, 0.6) is 0 Å². The van der Waals surface area contributed by atoms with E-state index in [1.165, 1.54) is 5.56 Å². The van der Waals surface area contributed by atoms with E-state index in [2.05, 4.69) is 0 Å². The minimum Gasteiger partial charge on any atom is -0.322 e. The highest BCUT2D eigenvalue weighted by Crippen LogP contribution is 2.25. The van der Waals surface area contributed by atoms with Gasteiger partial charge in [0, 0.05) is 0 Å². The van der Waals surface area contributed by atoms with Crippen LogP contribution in [0.4, 0.5) is 4.39 Å². The molecule has 0 saturated carbocycles. The van der Waals surface area contributed by atoms with Crippen LogP contribution < -0.4 is 5.73 Å². The number of alkyl halides is 1. The van der Waals surface area contributed by atoms with Gasteiger partial charge in [-0.1, -0.05) is 36.4 Å². The molecule has 0 aromatic heterocycles. The predicted molar refractivity (Wildman–Crippen MR) is 61.6 cm³/mol. The fraction of sp³-hybridized carbons (Fsp3) is 0.231. The number of nitrogens with two attached hydrogens (primary N) is 1. The van der Waals surface area contributed by atoms with E-state index in [0.717, 1.165) is 16.3 Å². The molecule has 15 heavy (non-hydrogen) atoms. The first-order chi connectivity index (χ1) is 7.24. The summed E-state index contributed by atoms with van der Waals surface area (Å²) in [7, 11) is 0. The van der Waals surface area contributed by atoms with E-state index in [1.807, 2.05) is 43.3 Å². The van der Waals surface area contributed by atoms with Crippen LogP contribution in [-0.2, 0) is 0 Å². The zero-order valence-corrected chi connectivity index (χ0v) is 8.70. The molecule has 2 heteroatoms. The molecule has 0 heterocycles. The fourth-order valence-corrected chi connectivity index (χ4v) is 1.88. The SMILES string of the molecule is Cc1ccc([C@H](N)CF)c2ccccc12. The summed E-state index contributed by atoms with van der Waals surface area (Å²) in [5, 5.41) is 2.21. The number of benzene rings is 2. The van der Waals surface area contributed by atoms with Crippen LogP contribution in [0.3, 0.4) is 0 Å². The summed E-state index contributed by atoms with van der Waals surface area (Å²) in [6, 6.07) is 11.4. The third-order valence-electron chi connectivity index (χ3n) is 2.74. The third kappa shape index (κ3) is 1.73. The Labute approximate surface area is 88.7 Å². The molecule has 2 aromatic rings. The molecule has 0 aliphatic heterocycles. The highest BCUT2D eigenvalue weighted by atomic mass is 19.1. The number of hydrogen-bond acceptors (Lipinski definition) is 1. The summed E-state index contributed by atoms with van der Waals surface area (Å²) >= 11 is 0. The van der Waals surface area contributed by atoms with Gasteiger partial charge in [0.25, 0.3) is 0 Å². The van der Waals surface area contributed by atoms with E-state index in [0.29, 0.717) is 0 Å². The van der Waals surface area contributed by atoms with Gasteiger partial charge >= 0.3 is 0 Å². The van der Waals surface area contributed by atoms with Gasteiger partial charge in [0.05, 0.1) is 6.04 Å². The molecule has 2 rings (SSSR count). The summed E-state index contributed by atoms with van der Waals surface area (Å²) in [5.74, 6) is 0. The van der Waals surface area contributed by atoms with Crippen molar-refractivity contribution in [1.29, 1.82) is 0 Å². The second-order valence-electron chi connectivity index (χ2n) is 3.78. The molecule has 0 saturated heterocycles. The predicted octanol–water partition coefficient (Wildman–Crippen LogP) is 3.12. The summed E-state index contributed by atoms with van der Waals surface area (Å²) < 4.78 is 12.6. The van der Waals surface area contributed by atoms with Gasteiger partial charge in [0.15, 0.2) is 0 Å². The lowest BCUT2D eigenvalue weighted by molar-refractivity contribution is 0.438. The van der Waals surface area contributed by atoms with Crippen LogP contribution in [-0.4, -0.2) is 6.67 Å².